The first kappa shape index (κ1) is 15.3. The summed E-state index contributed by atoms with van der Waals surface area (Å²) in [5.74, 6) is 0.580. The fourth-order valence-corrected chi connectivity index (χ4v) is 1.56. The van der Waals surface area contributed by atoms with Gasteiger partial charge in [0.1, 0.15) is 0 Å². The van der Waals surface area contributed by atoms with Crippen LogP contribution >= 0.6 is 0 Å². The highest BCUT2D eigenvalue weighted by atomic mass is 16.5. The first-order chi connectivity index (χ1) is 9.08. The van der Waals surface area contributed by atoms with Crippen molar-refractivity contribution in [3.63, 3.8) is 0 Å². The van der Waals surface area contributed by atoms with Gasteiger partial charge in [-0.2, -0.15) is 0 Å². The number of benzene rings is 1. The van der Waals surface area contributed by atoms with Crippen molar-refractivity contribution >= 4 is 5.91 Å². The summed E-state index contributed by atoms with van der Waals surface area (Å²) in [6.45, 7) is 5.01. The lowest BCUT2D eigenvalue weighted by Gasteiger charge is -2.15. The molecule has 5 heteroatoms. The number of rotatable bonds is 8. The molecule has 0 saturated carbocycles. The minimum Gasteiger partial charge on any atom is -0.490 e. The molecule has 19 heavy (non-hydrogen) atoms. The van der Waals surface area contributed by atoms with Crippen molar-refractivity contribution in [1.29, 1.82) is 0 Å². The minimum atomic E-state index is -0.377. The lowest BCUT2D eigenvalue weighted by Crippen LogP contribution is -2.25. The molecule has 4 N–H and O–H groups in total. The lowest BCUT2D eigenvalue weighted by atomic mass is 10.1. The van der Waals surface area contributed by atoms with E-state index in [0.29, 0.717) is 24.7 Å². The van der Waals surface area contributed by atoms with E-state index in [1.807, 2.05) is 25.1 Å². The summed E-state index contributed by atoms with van der Waals surface area (Å²) in [7, 11) is 0. The smallest absolute Gasteiger partial charge is 0.223 e. The molecule has 0 aliphatic heterocycles. The molecular formula is C14H22N2O3. The van der Waals surface area contributed by atoms with E-state index in [0.717, 1.165) is 12.0 Å². The van der Waals surface area contributed by atoms with Crippen LogP contribution in [0.15, 0.2) is 18.2 Å². The number of ether oxygens (including phenoxy) is 2. The molecule has 0 heterocycles. The van der Waals surface area contributed by atoms with Crippen molar-refractivity contribution < 1.29 is 14.3 Å². The van der Waals surface area contributed by atoms with Crippen LogP contribution in [0.5, 0.6) is 11.5 Å². The average Bonchev–Trinajstić information content (AvgIpc) is 2.38. The van der Waals surface area contributed by atoms with Gasteiger partial charge in [0.15, 0.2) is 11.5 Å². The van der Waals surface area contributed by atoms with Crippen molar-refractivity contribution in [1.82, 2.24) is 0 Å². The Morgan fingerprint density at radius 3 is 2.63 bits per heavy atom. The second-order valence-electron chi connectivity index (χ2n) is 4.37. The Bertz CT molecular complexity index is 421. The third kappa shape index (κ3) is 4.79. The van der Waals surface area contributed by atoms with Crippen molar-refractivity contribution in [3.05, 3.63) is 23.8 Å². The Labute approximate surface area is 113 Å². The van der Waals surface area contributed by atoms with Crippen LogP contribution in [-0.4, -0.2) is 25.7 Å². The van der Waals surface area contributed by atoms with Gasteiger partial charge in [-0.05, 0) is 37.6 Å². The molecule has 0 bridgehead atoms. The van der Waals surface area contributed by atoms with Gasteiger partial charge in [-0.3, -0.25) is 4.79 Å². The molecule has 1 aromatic carbocycles. The summed E-state index contributed by atoms with van der Waals surface area (Å²) >= 11 is 0. The second kappa shape index (κ2) is 7.63. The number of carbonyl (C=O) groups is 1. The highest BCUT2D eigenvalue weighted by Crippen LogP contribution is 2.29. The molecule has 0 radical (unpaired) electrons. The zero-order valence-electron chi connectivity index (χ0n) is 11.5. The third-order valence-electron chi connectivity index (χ3n) is 2.72. The molecule has 1 amide bonds. The van der Waals surface area contributed by atoms with E-state index in [4.69, 9.17) is 20.9 Å². The monoisotopic (exact) mass is 266 g/mol. The summed E-state index contributed by atoms with van der Waals surface area (Å²) in [6.07, 6.45) is 0.790. The highest BCUT2D eigenvalue weighted by molar-refractivity contribution is 5.76. The van der Waals surface area contributed by atoms with Crippen LogP contribution in [0.2, 0.25) is 0 Å². The van der Waals surface area contributed by atoms with E-state index >= 15 is 0 Å². The molecule has 0 aliphatic rings. The quantitative estimate of drug-likeness (QED) is 0.737. The fraction of sp³-hybridized carbons (Fsp3) is 0.500. The summed E-state index contributed by atoms with van der Waals surface area (Å²) in [5.41, 5.74) is 11.8. The first-order valence-corrected chi connectivity index (χ1v) is 6.46. The molecular weight excluding hydrogens is 244 g/mol. The molecule has 0 fully saturated rings. The molecule has 0 saturated heterocycles. The molecule has 1 rings (SSSR count). The molecule has 106 valence electrons. The van der Waals surface area contributed by atoms with Gasteiger partial charge in [-0.25, -0.2) is 0 Å². The Balaban J connectivity index is 2.78. The number of carbonyl (C=O) groups excluding carboxylic acids is 1. The largest absolute Gasteiger partial charge is 0.490 e. The van der Waals surface area contributed by atoms with E-state index in [-0.39, 0.29) is 18.4 Å². The van der Waals surface area contributed by atoms with Crippen molar-refractivity contribution in [2.45, 2.75) is 20.3 Å². The van der Waals surface area contributed by atoms with Gasteiger partial charge in [0, 0.05) is 0 Å². The molecule has 0 aromatic heterocycles. The van der Waals surface area contributed by atoms with Gasteiger partial charge in [0.2, 0.25) is 5.91 Å². The predicted octanol–water partition coefficient (Wildman–Crippen LogP) is 1.09. The second-order valence-corrected chi connectivity index (χ2v) is 4.37. The van der Waals surface area contributed by atoms with E-state index in [1.165, 1.54) is 0 Å². The summed E-state index contributed by atoms with van der Waals surface area (Å²) in [6, 6.07) is 5.70. The predicted molar refractivity (Wildman–Crippen MR) is 74.2 cm³/mol. The number of hydrogen-bond donors (Lipinski definition) is 2. The van der Waals surface area contributed by atoms with Gasteiger partial charge in [0.25, 0.3) is 0 Å². The number of primary amides is 1. The minimum absolute atomic E-state index is 0.242. The van der Waals surface area contributed by atoms with Gasteiger partial charge in [-0.15, -0.1) is 0 Å². The Hall–Kier alpha value is -1.75. The Morgan fingerprint density at radius 1 is 1.32 bits per heavy atom. The zero-order valence-corrected chi connectivity index (χ0v) is 11.5. The van der Waals surface area contributed by atoms with E-state index in [2.05, 4.69) is 0 Å². The Kier molecular flexibility index (Phi) is 6.15. The maximum absolute atomic E-state index is 11.0. The van der Waals surface area contributed by atoms with Crippen molar-refractivity contribution in [3.8, 4) is 11.5 Å². The topological polar surface area (TPSA) is 87.6 Å². The van der Waals surface area contributed by atoms with Crippen LogP contribution in [0.3, 0.4) is 0 Å². The normalized spacial score (nSPS) is 11.9. The number of hydrogen-bond acceptors (Lipinski definition) is 4. The Morgan fingerprint density at radius 2 is 2.05 bits per heavy atom. The summed E-state index contributed by atoms with van der Waals surface area (Å²) in [4.78, 5) is 11.0. The molecule has 0 aliphatic carbocycles. The number of nitrogens with two attached hydrogens (primary N) is 2. The van der Waals surface area contributed by atoms with E-state index in [9.17, 15) is 4.79 Å². The third-order valence-corrected chi connectivity index (χ3v) is 2.72. The van der Waals surface area contributed by atoms with E-state index in [1.54, 1.807) is 6.92 Å². The average molecular weight is 266 g/mol. The summed E-state index contributed by atoms with van der Waals surface area (Å²) in [5, 5.41) is 0. The highest BCUT2D eigenvalue weighted by Gasteiger charge is 2.12. The van der Waals surface area contributed by atoms with Crippen molar-refractivity contribution in [2.75, 3.05) is 19.8 Å². The van der Waals surface area contributed by atoms with Gasteiger partial charge >= 0.3 is 0 Å². The van der Waals surface area contributed by atoms with Crippen LogP contribution < -0.4 is 20.9 Å². The maximum Gasteiger partial charge on any atom is 0.223 e. The molecule has 1 aromatic rings. The number of amides is 1. The van der Waals surface area contributed by atoms with Crippen molar-refractivity contribution in [2.24, 2.45) is 17.4 Å². The fourth-order valence-electron chi connectivity index (χ4n) is 1.56. The van der Waals surface area contributed by atoms with Gasteiger partial charge in [0.05, 0.1) is 19.1 Å². The summed E-state index contributed by atoms with van der Waals surface area (Å²) < 4.78 is 11.1. The molecule has 1 unspecified atom stereocenters. The molecule has 1 atom stereocenters. The van der Waals surface area contributed by atoms with E-state index < -0.39 is 0 Å². The van der Waals surface area contributed by atoms with Gasteiger partial charge < -0.3 is 20.9 Å². The molecule has 5 nitrogen and oxygen atoms in total. The van der Waals surface area contributed by atoms with Crippen LogP contribution in [0.25, 0.3) is 0 Å². The molecule has 0 spiro atoms. The first-order valence-electron chi connectivity index (χ1n) is 6.46. The van der Waals surface area contributed by atoms with Crippen LogP contribution in [0, 0.1) is 5.92 Å². The van der Waals surface area contributed by atoms with Crippen LogP contribution in [0.1, 0.15) is 19.4 Å². The standard InChI is InChI=1S/C14H22N2O3/c1-3-18-13-8-11(6-7-15)4-5-12(13)19-9-10(2)14(16)17/h4-5,8,10H,3,6-7,9,15H2,1-2H3,(H2,16,17). The maximum atomic E-state index is 11.0. The van der Waals surface area contributed by atoms with Crippen LogP contribution in [-0.2, 0) is 11.2 Å². The SMILES string of the molecule is CCOc1cc(CCN)ccc1OCC(C)C(N)=O. The van der Waals surface area contributed by atoms with Gasteiger partial charge in [-0.1, -0.05) is 13.0 Å². The lowest BCUT2D eigenvalue weighted by molar-refractivity contribution is -0.122. The van der Waals surface area contributed by atoms with Crippen LogP contribution in [0.4, 0.5) is 0 Å². The zero-order chi connectivity index (χ0) is 14.3.